The number of benzene rings is 1. The van der Waals surface area contributed by atoms with Crippen LogP contribution >= 0.6 is 0 Å². The third-order valence-electron chi connectivity index (χ3n) is 3.85. The lowest BCUT2D eigenvalue weighted by atomic mass is 9.69. The summed E-state index contributed by atoms with van der Waals surface area (Å²) in [5, 5.41) is 0. The molecule has 3 nitrogen and oxygen atoms in total. The maximum Gasteiger partial charge on any atom is 0.235 e. The topological polar surface area (TPSA) is 38.7 Å². The molecule has 1 aliphatic carbocycles. The Morgan fingerprint density at radius 3 is 2.53 bits per heavy atom. The Bertz CT molecular complexity index is 529. The van der Waals surface area contributed by atoms with Crippen LogP contribution in [0.5, 0.6) is 5.75 Å². The highest BCUT2D eigenvalue weighted by Gasteiger charge is 2.41. The van der Waals surface area contributed by atoms with E-state index in [1.807, 2.05) is 13.8 Å². The van der Waals surface area contributed by atoms with Gasteiger partial charge < -0.3 is 4.74 Å². The number of nitrogens with zero attached hydrogens (tertiary/aromatic N) is 1. The number of ether oxygens (including phenoxy) is 1. The summed E-state index contributed by atoms with van der Waals surface area (Å²) in [5.41, 5.74) is 1.10. The smallest absolute Gasteiger partial charge is 0.235 e. The summed E-state index contributed by atoms with van der Waals surface area (Å²) in [6.07, 6.45) is 4.15. The van der Waals surface area contributed by atoms with E-state index in [-0.39, 0.29) is 11.7 Å². The molecule has 0 heterocycles. The maximum atomic E-state index is 13.8. The number of aliphatic imine (C=N–C) groups is 1. The highest BCUT2D eigenvalue weighted by atomic mass is 19.1. The molecule has 1 fully saturated rings. The number of rotatable bonds is 4. The molecule has 0 saturated heterocycles. The molecular weight excluding hydrogens is 245 g/mol. The third-order valence-corrected chi connectivity index (χ3v) is 3.85. The number of carbonyl (C=O) groups excluding carboxylic acids is 1. The highest BCUT2D eigenvalue weighted by molar-refractivity contribution is 5.49. The Labute approximate surface area is 112 Å². The fourth-order valence-electron chi connectivity index (χ4n) is 2.78. The Hall–Kier alpha value is -1.67. The van der Waals surface area contributed by atoms with E-state index in [1.165, 1.54) is 19.2 Å². The van der Waals surface area contributed by atoms with Gasteiger partial charge in [-0.15, -0.1) is 0 Å². The Morgan fingerprint density at radius 1 is 1.42 bits per heavy atom. The van der Waals surface area contributed by atoms with E-state index in [0.717, 1.165) is 30.4 Å². The fraction of sp³-hybridized carbons (Fsp3) is 0.533. The molecule has 2 rings (SSSR count). The van der Waals surface area contributed by atoms with E-state index in [4.69, 9.17) is 4.74 Å². The minimum Gasteiger partial charge on any atom is -0.496 e. The van der Waals surface area contributed by atoms with Crippen molar-refractivity contribution in [2.45, 2.75) is 44.6 Å². The molecule has 0 aromatic heterocycles. The summed E-state index contributed by atoms with van der Waals surface area (Å²) >= 11 is 0. The van der Waals surface area contributed by atoms with Crippen LogP contribution < -0.4 is 4.74 Å². The third kappa shape index (κ3) is 2.28. The first kappa shape index (κ1) is 13.8. The molecule has 0 aliphatic heterocycles. The number of methoxy groups -OCH3 is 1. The molecule has 0 amide bonds. The molecule has 0 bridgehead atoms. The lowest BCUT2D eigenvalue weighted by molar-refractivity contribution is 0.251. The highest BCUT2D eigenvalue weighted by Crippen LogP contribution is 2.49. The summed E-state index contributed by atoms with van der Waals surface area (Å²) in [4.78, 5) is 14.7. The minimum atomic E-state index is -0.600. The molecule has 0 N–H and O–H groups in total. The molecule has 0 atom stereocenters. The first-order chi connectivity index (χ1) is 9.04. The van der Waals surface area contributed by atoms with Crippen LogP contribution in [-0.4, -0.2) is 13.2 Å². The van der Waals surface area contributed by atoms with Gasteiger partial charge in [-0.3, -0.25) is 0 Å². The summed E-state index contributed by atoms with van der Waals surface area (Å²) in [5.74, 6) is 0.339. The van der Waals surface area contributed by atoms with Crippen molar-refractivity contribution in [1.82, 2.24) is 0 Å². The molecule has 1 aromatic carbocycles. The summed E-state index contributed by atoms with van der Waals surface area (Å²) < 4.78 is 19.1. The van der Waals surface area contributed by atoms with Crippen LogP contribution in [0.2, 0.25) is 0 Å². The van der Waals surface area contributed by atoms with Crippen molar-refractivity contribution in [3.63, 3.8) is 0 Å². The number of hydrogen-bond acceptors (Lipinski definition) is 3. The Balaban J connectivity index is 2.67. The minimum absolute atomic E-state index is 0.171. The van der Waals surface area contributed by atoms with E-state index < -0.39 is 5.54 Å². The van der Waals surface area contributed by atoms with Gasteiger partial charge in [-0.25, -0.2) is 9.18 Å². The fourth-order valence-corrected chi connectivity index (χ4v) is 2.78. The first-order valence-corrected chi connectivity index (χ1v) is 6.51. The van der Waals surface area contributed by atoms with Gasteiger partial charge in [0.1, 0.15) is 11.6 Å². The molecular formula is C15H18FNO2. The summed E-state index contributed by atoms with van der Waals surface area (Å²) in [6.45, 7) is 4.05. The first-order valence-electron chi connectivity index (χ1n) is 6.51. The normalized spacial score (nSPS) is 16.7. The van der Waals surface area contributed by atoms with Gasteiger partial charge >= 0.3 is 0 Å². The lowest BCUT2D eigenvalue weighted by Crippen LogP contribution is -2.33. The van der Waals surface area contributed by atoms with Crippen LogP contribution in [0, 0.1) is 5.82 Å². The average Bonchev–Trinajstić information content (AvgIpc) is 2.32. The van der Waals surface area contributed by atoms with Crippen molar-refractivity contribution < 1.29 is 13.9 Å². The zero-order valence-corrected chi connectivity index (χ0v) is 11.5. The second-order valence-electron chi connectivity index (χ2n) is 5.31. The number of isocyanates is 1. The standard InChI is InChI=1S/C15H18FNO2/c1-10(2)14-12(7-11(16)8-13(14)19-3)15(17-9-18)5-4-6-15/h7-8,10H,4-6H2,1-3H3. The molecule has 1 aliphatic rings. The average molecular weight is 263 g/mol. The predicted octanol–water partition coefficient (Wildman–Crippen LogP) is 3.67. The summed E-state index contributed by atoms with van der Waals surface area (Å²) in [7, 11) is 1.53. The van der Waals surface area contributed by atoms with E-state index in [9.17, 15) is 9.18 Å². The molecule has 19 heavy (non-hydrogen) atoms. The monoisotopic (exact) mass is 263 g/mol. The van der Waals surface area contributed by atoms with Gasteiger partial charge in [0.25, 0.3) is 0 Å². The Kier molecular flexibility index (Phi) is 3.72. The van der Waals surface area contributed by atoms with Crippen LogP contribution in [0.3, 0.4) is 0 Å². The van der Waals surface area contributed by atoms with Crippen LogP contribution in [0.1, 0.15) is 50.2 Å². The van der Waals surface area contributed by atoms with Crippen molar-refractivity contribution in [1.29, 1.82) is 0 Å². The van der Waals surface area contributed by atoms with E-state index >= 15 is 0 Å². The van der Waals surface area contributed by atoms with Crippen LogP contribution in [0.15, 0.2) is 17.1 Å². The zero-order valence-electron chi connectivity index (χ0n) is 11.5. The van der Waals surface area contributed by atoms with Crippen LogP contribution in [-0.2, 0) is 10.3 Å². The van der Waals surface area contributed by atoms with Gasteiger partial charge in [0.15, 0.2) is 0 Å². The predicted molar refractivity (Wildman–Crippen MR) is 70.7 cm³/mol. The van der Waals surface area contributed by atoms with Gasteiger partial charge in [0.2, 0.25) is 6.08 Å². The lowest BCUT2D eigenvalue weighted by Gasteiger charge is -2.39. The second-order valence-corrected chi connectivity index (χ2v) is 5.31. The van der Waals surface area contributed by atoms with Crippen LogP contribution in [0.4, 0.5) is 4.39 Å². The van der Waals surface area contributed by atoms with Gasteiger partial charge in [0, 0.05) is 11.6 Å². The molecule has 4 heteroatoms. The molecule has 1 saturated carbocycles. The van der Waals surface area contributed by atoms with Crippen molar-refractivity contribution >= 4 is 6.08 Å². The Morgan fingerprint density at radius 2 is 2.11 bits per heavy atom. The maximum absolute atomic E-state index is 13.8. The molecule has 0 spiro atoms. The number of hydrogen-bond donors (Lipinski definition) is 0. The number of halogens is 1. The van der Waals surface area contributed by atoms with Crippen molar-refractivity contribution in [2.75, 3.05) is 7.11 Å². The van der Waals surface area contributed by atoms with E-state index in [0.29, 0.717) is 5.75 Å². The van der Waals surface area contributed by atoms with Gasteiger partial charge in [0.05, 0.1) is 12.6 Å². The second kappa shape index (κ2) is 5.14. The van der Waals surface area contributed by atoms with Gasteiger partial charge in [-0.2, -0.15) is 4.99 Å². The molecule has 0 radical (unpaired) electrons. The molecule has 1 aromatic rings. The molecule has 0 unspecified atom stereocenters. The largest absolute Gasteiger partial charge is 0.496 e. The van der Waals surface area contributed by atoms with Crippen molar-refractivity contribution in [3.05, 3.63) is 29.1 Å². The quantitative estimate of drug-likeness (QED) is 0.614. The summed E-state index contributed by atoms with van der Waals surface area (Å²) in [6, 6.07) is 2.87. The van der Waals surface area contributed by atoms with E-state index in [2.05, 4.69) is 4.99 Å². The SMILES string of the molecule is COc1cc(F)cc(C2(N=C=O)CCC2)c1C(C)C. The molecule has 102 valence electrons. The van der Waals surface area contributed by atoms with Crippen molar-refractivity contribution in [3.8, 4) is 5.75 Å². The van der Waals surface area contributed by atoms with Gasteiger partial charge in [-0.1, -0.05) is 13.8 Å². The van der Waals surface area contributed by atoms with E-state index in [1.54, 1.807) is 6.08 Å². The van der Waals surface area contributed by atoms with Gasteiger partial charge in [-0.05, 0) is 36.8 Å². The van der Waals surface area contributed by atoms with Crippen LogP contribution in [0.25, 0.3) is 0 Å². The zero-order chi connectivity index (χ0) is 14.0. The van der Waals surface area contributed by atoms with Crippen molar-refractivity contribution in [2.24, 2.45) is 4.99 Å².